The molecule has 0 saturated carbocycles. The van der Waals surface area contributed by atoms with Crippen LogP contribution in [0.4, 0.5) is 0 Å². The molecule has 60 heavy (non-hydrogen) atoms. The molecular weight excluding hydrogens is 785 g/mol. The average molecular weight is 849 g/mol. The van der Waals surface area contributed by atoms with Crippen molar-refractivity contribution in [3.8, 4) is 0 Å². The number of hydrogen-bond acceptors (Lipinski definition) is 8. The number of carbonyl (C=O) groups is 1. The summed E-state index contributed by atoms with van der Waals surface area (Å²) < 4.78 is 50.7. The zero-order valence-corrected chi connectivity index (χ0v) is 38.6. The lowest BCUT2D eigenvalue weighted by molar-refractivity contribution is -0.254. The van der Waals surface area contributed by atoms with Gasteiger partial charge in [0.25, 0.3) is 16.6 Å². The number of aldehydes is 1. The van der Waals surface area contributed by atoms with Crippen LogP contribution in [0.5, 0.6) is 0 Å². The van der Waals surface area contributed by atoms with Crippen LogP contribution in [0.1, 0.15) is 81.1 Å². The average Bonchev–Trinajstić information content (AvgIpc) is 3.76. The van der Waals surface area contributed by atoms with Crippen LogP contribution < -0.4 is 20.7 Å². The highest BCUT2D eigenvalue weighted by molar-refractivity contribution is 7.00. The third-order valence-corrected chi connectivity index (χ3v) is 23.3. The van der Waals surface area contributed by atoms with Gasteiger partial charge in [-0.15, -0.1) is 0 Å². The molecule has 4 aromatic carbocycles. The highest BCUT2D eigenvalue weighted by atomic mass is 28.4. The lowest BCUT2D eigenvalue weighted by atomic mass is 9.88. The fourth-order valence-electron chi connectivity index (χ4n) is 10.6. The van der Waals surface area contributed by atoms with E-state index in [9.17, 15) is 4.79 Å². The van der Waals surface area contributed by atoms with Gasteiger partial charge in [-0.1, -0.05) is 163 Å². The molecule has 4 fully saturated rings. The zero-order chi connectivity index (χ0) is 42.3. The maximum absolute atomic E-state index is 12.0. The molecule has 9 atom stereocenters. The van der Waals surface area contributed by atoms with E-state index in [1.807, 2.05) is 13.8 Å². The van der Waals surface area contributed by atoms with Crippen molar-refractivity contribution >= 4 is 43.7 Å². The molecule has 0 bridgehead atoms. The number of rotatable bonds is 12. The van der Waals surface area contributed by atoms with Gasteiger partial charge in [-0.2, -0.15) is 0 Å². The fraction of sp³-hybridized carbons (Fsp3) is 0.500. The molecule has 8 rings (SSSR count). The van der Waals surface area contributed by atoms with Gasteiger partial charge in [0.15, 0.2) is 5.79 Å². The molecule has 8 nitrogen and oxygen atoms in total. The van der Waals surface area contributed by atoms with E-state index in [1.165, 1.54) is 20.7 Å². The topological polar surface area (TPSA) is 81.7 Å². The Morgan fingerprint density at radius 2 is 1.05 bits per heavy atom. The van der Waals surface area contributed by atoms with Crippen LogP contribution in [0.2, 0.25) is 10.1 Å². The van der Waals surface area contributed by atoms with E-state index in [-0.39, 0.29) is 28.4 Å². The molecule has 2 unspecified atom stereocenters. The van der Waals surface area contributed by atoms with Gasteiger partial charge in [0.2, 0.25) is 0 Å². The molecule has 4 aliphatic rings. The zero-order valence-electron chi connectivity index (χ0n) is 36.6. The van der Waals surface area contributed by atoms with E-state index in [2.05, 4.69) is 163 Å². The smallest absolute Gasteiger partial charge is 0.261 e. The SMILES string of the molecule is CC1(C)OCC(CC2O[C@H]3[C@@H](O[Si](c4ccccc4)(c4ccccc4)C(C)(C)C)[C@H]4O[C@@H](CC=O)CC[C@@H]4O[C@H]3[C@H]2O[Si](c2ccccc2)(c2ccccc2)C(C)(C)C)O1. The standard InChI is InChI=1S/C50H64O8Si2/c1-48(2,3)59(37-21-13-9-14-22-37,38-23-15-10-16-24-38)57-44-42(33-36-34-52-50(7,8)56-36)55-46-45(44)54-41-30-29-35(31-32-51)53-43(41)47(46)58-60(49(4,5)6,39-25-17-11-18-26-39)40-27-19-12-20-28-40/h9-28,32,35-36,41-47H,29-31,33-34H2,1-8H3/t35-,36?,41+,42?,43+,44+,45+,46-,47+/m1/s1. The fourth-order valence-corrected chi connectivity index (χ4v) is 20.0. The summed E-state index contributed by atoms with van der Waals surface area (Å²) in [5.74, 6) is -0.702. The van der Waals surface area contributed by atoms with Crippen LogP contribution in [0.15, 0.2) is 121 Å². The molecule has 0 spiro atoms. The normalized spacial score (nSPS) is 29.4. The molecule has 4 saturated heterocycles. The summed E-state index contributed by atoms with van der Waals surface area (Å²) in [6.45, 7) is 18.2. The summed E-state index contributed by atoms with van der Waals surface area (Å²) in [6.07, 6.45) is -0.379. The Morgan fingerprint density at radius 1 is 0.600 bits per heavy atom. The van der Waals surface area contributed by atoms with Gasteiger partial charge in [0.05, 0.1) is 31.0 Å². The third kappa shape index (κ3) is 8.08. The molecule has 0 radical (unpaired) electrons. The van der Waals surface area contributed by atoms with Crippen molar-refractivity contribution in [2.24, 2.45) is 0 Å². The van der Waals surface area contributed by atoms with E-state index < -0.39 is 59.0 Å². The molecule has 10 heteroatoms. The minimum Gasteiger partial charge on any atom is -0.399 e. The van der Waals surface area contributed by atoms with Gasteiger partial charge in [0, 0.05) is 12.8 Å². The Hall–Kier alpha value is -3.30. The highest BCUT2D eigenvalue weighted by Gasteiger charge is 2.64. The van der Waals surface area contributed by atoms with Gasteiger partial charge in [-0.3, -0.25) is 0 Å². The van der Waals surface area contributed by atoms with E-state index in [0.29, 0.717) is 19.4 Å². The van der Waals surface area contributed by atoms with Crippen LogP contribution in [0.25, 0.3) is 0 Å². The summed E-state index contributed by atoms with van der Waals surface area (Å²) in [4.78, 5) is 12.0. The van der Waals surface area contributed by atoms with Crippen molar-refractivity contribution in [2.75, 3.05) is 6.61 Å². The minimum absolute atomic E-state index is 0.207. The predicted molar refractivity (Wildman–Crippen MR) is 240 cm³/mol. The van der Waals surface area contributed by atoms with Crippen molar-refractivity contribution in [1.29, 1.82) is 0 Å². The lowest BCUT2D eigenvalue weighted by Crippen LogP contribution is -2.73. The number of carbonyl (C=O) groups excluding carboxylic acids is 1. The molecule has 4 aliphatic heterocycles. The van der Waals surface area contributed by atoms with E-state index >= 15 is 0 Å². The third-order valence-electron chi connectivity index (χ3n) is 13.2. The van der Waals surface area contributed by atoms with Crippen LogP contribution in [0.3, 0.4) is 0 Å². The summed E-state index contributed by atoms with van der Waals surface area (Å²) in [5.41, 5.74) is 0. The Bertz CT molecular complexity index is 1940. The van der Waals surface area contributed by atoms with Crippen molar-refractivity contribution in [2.45, 2.75) is 152 Å². The second-order valence-corrected chi connectivity index (χ2v) is 28.2. The van der Waals surface area contributed by atoms with Crippen molar-refractivity contribution in [3.63, 3.8) is 0 Å². The number of fused-ring (bicyclic) bond motifs is 2. The van der Waals surface area contributed by atoms with E-state index in [4.69, 9.17) is 32.5 Å². The van der Waals surface area contributed by atoms with Gasteiger partial charge in [0.1, 0.15) is 36.8 Å². The van der Waals surface area contributed by atoms with Crippen molar-refractivity contribution < 1.29 is 37.3 Å². The summed E-state index contributed by atoms with van der Waals surface area (Å²) in [7, 11) is -6.28. The maximum atomic E-state index is 12.0. The number of ether oxygens (including phenoxy) is 5. The molecule has 320 valence electrons. The first-order chi connectivity index (χ1) is 28.7. The summed E-state index contributed by atoms with van der Waals surface area (Å²) >= 11 is 0. The second-order valence-electron chi connectivity index (χ2n) is 19.7. The van der Waals surface area contributed by atoms with Crippen LogP contribution in [-0.4, -0.2) is 90.3 Å². The van der Waals surface area contributed by atoms with Crippen molar-refractivity contribution in [1.82, 2.24) is 0 Å². The molecule has 0 amide bonds. The Kier molecular flexibility index (Phi) is 12.4. The molecular formula is C50H64O8Si2. The van der Waals surface area contributed by atoms with Crippen LogP contribution >= 0.6 is 0 Å². The predicted octanol–water partition coefficient (Wildman–Crippen LogP) is 7.09. The summed E-state index contributed by atoms with van der Waals surface area (Å²) in [5, 5.41) is 4.15. The Morgan fingerprint density at radius 3 is 1.47 bits per heavy atom. The first kappa shape index (κ1) is 43.4. The van der Waals surface area contributed by atoms with Crippen molar-refractivity contribution in [3.05, 3.63) is 121 Å². The number of benzene rings is 4. The van der Waals surface area contributed by atoms with Crippen LogP contribution in [-0.2, 0) is 37.3 Å². The van der Waals surface area contributed by atoms with Gasteiger partial charge in [-0.25, -0.2) is 0 Å². The lowest BCUT2D eigenvalue weighted by Gasteiger charge is -2.53. The second kappa shape index (κ2) is 17.1. The molecule has 0 N–H and O–H groups in total. The van der Waals surface area contributed by atoms with Gasteiger partial charge >= 0.3 is 0 Å². The quantitative estimate of drug-likeness (QED) is 0.111. The molecule has 4 aromatic rings. The first-order valence-corrected chi connectivity index (χ1v) is 25.8. The monoisotopic (exact) mass is 848 g/mol. The van der Waals surface area contributed by atoms with Crippen LogP contribution in [0, 0.1) is 0 Å². The molecule has 0 aliphatic carbocycles. The Labute approximate surface area is 359 Å². The Balaban J connectivity index is 1.30. The van der Waals surface area contributed by atoms with E-state index in [0.717, 1.165) is 19.1 Å². The summed E-state index contributed by atoms with van der Waals surface area (Å²) in [6, 6.07) is 43.1. The maximum Gasteiger partial charge on any atom is 0.261 e. The first-order valence-electron chi connectivity index (χ1n) is 22.0. The van der Waals surface area contributed by atoms with E-state index in [1.54, 1.807) is 0 Å². The van der Waals surface area contributed by atoms with Gasteiger partial charge in [-0.05, 0) is 57.5 Å². The largest absolute Gasteiger partial charge is 0.399 e. The van der Waals surface area contributed by atoms with Gasteiger partial charge < -0.3 is 37.3 Å². The number of hydrogen-bond donors (Lipinski definition) is 0. The minimum atomic E-state index is -3.16. The molecule has 0 aromatic heterocycles. The highest BCUT2D eigenvalue weighted by Crippen LogP contribution is 2.48. The molecule has 4 heterocycles.